The van der Waals surface area contributed by atoms with Crippen LogP contribution in [0.25, 0.3) is 0 Å². The van der Waals surface area contributed by atoms with E-state index in [0.29, 0.717) is 13.0 Å². The molecule has 2 atom stereocenters. The maximum atomic E-state index is 12.8. The third-order valence-corrected chi connectivity index (χ3v) is 4.54. The molecule has 0 spiro atoms. The van der Waals surface area contributed by atoms with Gasteiger partial charge in [-0.2, -0.15) is 0 Å². The van der Waals surface area contributed by atoms with E-state index in [9.17, 15) is 9.59 Å². The number of benzene rings is 1. The first-order valence-electron chi connectivity index (χ1n) is 8.62. The minimum Gasteiger partial charge on any atom is -0.346 e. The number of hydrogen-bond donors (Lipinski definition) is 0. The van der Waals surface area contributed by atoms with Crippen molar-refractivity contribution in [3.63, 3.8) is 0 Å². The van der Waals surface area contributed by atoms with E-state index in [4.69, 9.17) is 0 Å². The van der Waals surface area contributed by atoms with Gasteiger partial charge in [0.1, 0.15) is 0 Å². The summed E-state index contributed by atoms with van der Waals surface area (Å²) >= 11 is 0. The van der Waals surface area contributed by atoms with Gasteiger partial charge >= 0.3 is 0 Å². The van der Waals surface area contributed by atoms with Crippen molar-refractivity contribution in [1.82, 2.24) is 4.90 Å². The molecule has 1 aromatic carbocycles. The molecule has 0 aliphatic heterocycles. The Morgan fingerprint density at radius 2 is 1.87 bits per heavy atom. The van der Waals surface area contributed by atoms with Gasteiger partial charge in [0.2, 0.25) is 11.8 Å². The van der Waals surface area contributed by atoms with E-state index in [-0.39, 0.29) is 23.7 Å². The molecule has 0 saturated heterocycles. The van der Waals surface area contributed by atoms with Gasteiger partial charge in [-0.15, -0.1) is 0 Å². The van der Waals surface area contributed by atoms with E-state index in [1.165, 1.54) is 0 Å². The smallest absolute Gasteiger partial charge is 0.230 e. The molecule has 2 amide bonds. The van der Waals surface area contributed by atoms with Crippen LogP contribution in [0.4, 0.5) is 5.69 Å². The molecule has 1 aromatic rings. The van der Waals surface area contributed by atoms with E-state index < -0.39 is 0 Å². The lowest BCUT2D eigenvalue weighted by Crippen LogP contribution is -2.35. The molecule has 1 saturated carbocycles. The summed E-state index contributed by atoms with van der Waals surface area (Å²) in [6, 6.07) is 7.97. The van der Waals surface area contributed by atoms with Gasteiger partial charge in [-0.3, -0.25) is 9.59 Å². The Balaban J connectivity index is 2.00. The molecule has 0 bridgehead atoms. The number of aryl methyl sites for hydroxylation is 1. The third-order valence-electron chi connectivity index (χ3n) is 4.54. The Bertz CT molecular complexity index is 570. The SMILES string of the molecule is CCCCN(C)C(=O)C1CC1C(=O)N(CC)c1cccc(C)c1. The van der Waals surface area contributed by atoms with Crippen LogP contribution >= 0.6 is 0 Å². The summed E-state index contributed by atoms with van der Waals surface area (Å²) in [5.41, 5.74) is 2.06. The van der Waals surface area contributed by atoms with Crippen LogP contribution in [0.2, 0.25) is 0 Å². The number of nitrogens with zero attached hydrogens (tertiary/aromatic N) is 2. The Morgan fingerprint density at radius 3 is 2.48 bits per heavy atom. The van der Waals surface area contributed by atoms with Crippen LogP contribution in [0.3, 0.4) is 0 Å². The Morgan fingerprint density at radius 1 is 1.17 bits per heavy atom. The first-order valence-corrected chi connectivity index (χ1v) is 8.62. The minimum atomic E-state index is -0.146. The second kappa shape index (κ2) is 7.62. The second-order valence-corrected chi connectivity index (χ2v) is 6.48. The minimum absolute atomic E-state index is 0.0836. The fourth-order valence-corrected chi connectivity index (χ4v) is 2.99. The van der Waals surface area contributed by atoms with Crippen LogP contribution in [-0.4, -0.2) is 36.9 Å². The van der Waals surface area contributed by atoms with Crippen molar-refractivity contribution in [2.24, 2.45) is 11.8 Å². The predicted molar refractivity (Wildman–Crippen MR) is 93.3 cm³/mol. The highest BCUT2D eigenvalue weighted by Crippen LogP contribution is 2.42. The highest BCUT2D eigenvalue weighted by molar-refractivity contribution is 6.01. The summed E-state index contributed by atoms with van der Waals surface area (Å²) in [4.78, 5) is 28.7. The van der Waals surface area contributed by atoms with Crippen molar-refractivity contribution in [2.75, 3.05) is 25.0 Å². The number of rotatable bonds is 7. The summed E-state index contributed by atoms with van der Waals surface area (Å²) in [6.45, 7) is 7.52. The van der Waals surface area contributed by atoms with Crippen molar-refractivity contribution in [3.8, 4) is 0 Å². The van der Waals surface area contributed by atoms with E-state index in [1.54, 1.807) is 9.80 Å². The monoisotopic (exact) mass is 316 g/mol. The van der Waals surface area contributed by atoms with Crippen molar-refractivity contribution in [2.45, 2.75) is 40.0 Å². The maximum absolute atomic E-state index is 12.8. The van der Waals surface area contributed by atoms with Gasteiger partial charge in [0.05, 0.1) is 11.8 Å². The van der Waals surface area contributed by atoms with Crippen LogP contribution in [0.15, 0.2) is 24.3 Å². The van der Waals surface area contributed by atoms with E-state index in [1.807, 2.05) is 45.2 Å². The van der Waals surface area contributed by atoms with Crippen LogP contribution < -0.4 is 4.90 Å². The molecule has 0 heterocycles. The van der Waals surface area contributed by atoms with Gasteiger partial charge in [-0.1, -0.05) is 25.5 Å². The summed E-state index contributed by atoms with van der Waals surface area (Å²) in [7, 11) is 1.84. The lowest BCUT2D eigenvalue weighted by molar-refractivity contribution is -0.133. The Labute approximate surface area is 139 Å². The Hall–Kier alpha value is -1.84. The molecule has 4 nitrogen and oxygen atoms in total. The summed E-state index contributed by atoms with van der Waals surface area (Å²) in [5.74, 6) is -0.0623. The molecule has 2 unspecified atom stereocenters. The molecule has 4 heteroatoms. The summed E-state index contributed by atoms with van der Waals surface area (Å²) in [6.07, 6.45) is 2.77. The highest BCUT2D eigenvalue weighted by Gasteiger charge is 2.50. The molecule has 1 aliphatic rings. The third kappa shape index (κ3) is 4.12. The van der Waals surface area contributed by atoms with E-state index in [0.717, 1.165) is 30.6 Å². The molecule has 0 radical (unpaired) electrons. The first-order chi connectivity index (χ1) is 11.0. The molecule has 2 rings (SSSR count). The zero-order valence-electron chi connectivity index (χ0n) is 14.7. The zero-order valence-corrected chi connectivity index (χ0v) is 14.7. The van der Waals surface area contributed by atoms with Crippen LogP contribution in [0.1, 0.15) is 38.7 Å². The summed E-state index contributed by atoms with van der Waals surface area (Å²) < 4.78 is 0. The molecular weight excluding hydrogens is 288 g/mol. The van der Waals surface area contributed by atoms with Crippen molar-refractivity contribution >= 4 is 17.5 Å². The zero-order chi connectivity index (χ0) is 17.0. The van der Waals surface area contributed by atoms with Crippen LogP contribution in [0, 0.1) is 18.8 Å². The quantitative estimate of drug-likeness (QED) is 0.775. The van der Waals surface area contributed by atoms with Gasteiger partial charge in [-0.05, 0) is 44.4 Å². The van der Waals surface area contributed by atoms with Gasteiger partial charge in [0.25, 0.3) is 0 Å². The molecule has 1 aliphatic carbocycles. The van der Waals surface area contributed by atoms with Gasteiger partial charge < -0.3 is 9.80 Å². The van der Waals surface area contributed by atoms with E-state index >= 15 is 0 Å². The molecule has 1 fully saturated rings. The number of carbonyl (C=O) groups excluding carboxylic acids is 2. The van der Waals surface area contributed by atoms with Gasteiger partial charge in [-0.25, -0.2) is 0 Å². The number of anilines is 1. The standard InChI is InChI=1S/C19H28N2O2/c1-5-7-11-20(4)18(22)16-13-17(16)19(23)21(6-2)15-10-8-9-14(3)12-15/h8-10,12,16-17H,5-7,11,13H2,1-4H3. The van der Waals surface area contributed by atoms with Crippen molar-refractivity contribution in [1.29, 1.82) is 0 Å². The fraction of sp³-hybridized carbons (Fsp3) is 0.579. The highest BCUT2D eigenvalue weighted by atomic mass is 16.2. The number of amides is 2. The normalized spacial score (nSPS) is 19.3. The number of hydrogen-bond acceptors (Lipinski definition) is 2. The van der Waals surface area contributed by atoms with Crippen LogP contribution in [-0.2, 0) is 9.59 Å². The molecule has 0 N–H and O–H groups in total. The number of carbonyl (C=O) groups is 2. The van der Waals surface area contributed by atoms with Gasteiger partial charge in [0, 0.05) is 25.8 Å². The Kier molecular flexibility index (Phi) is 5.80. The molecule has 23 heavy (non-hydrogen) atoms. The molecular formula is C19H28N2O2. The summed E-state index contributed by atoms with van der Waals surface area (Å²) in [5, 5.41) is 0. The first kappa shape index (κ1) is 17.5. The number of unbranched alkanes of at least 4 members (excludes halogenated alkanes) is 1. The van der Waals surface area contributed by atoms with Gasteiger partial charge in [0.15, 0.2) is 0 Å². The predicted octanol–water partition coefficient (Wildman–Crippen LogP) is 3.24. The fourth-order valence-electron chi connectivity index (χ4n) is 2.99. The maximum Gasteiger partial charge on any atom is 0.230 e. The van der Waals surface area contributed by atoms with E-state index in [2.05, 4.69) is 6.92 Å². The largest absolute Gasteiger partial charge is 0.346 e. The molecule has 0 aromatic heterocycles. The lowest BCUT2D eigenvalue weighted by Gasteiger charge is -2.22. The second-order valence-electron chi connectivity index (χ2n) is 6.48. The average molecular weight is 316 g/mol. The average Bonchev–Trinajstić information content (AvgIpc) is 3.33. The van der Waals surface area contributed by atoms with Crippen LogP contribution in [0.5, 0.6) is 0 Å². The topological polar surface area (TPSA) is 40.6 Å². The molecule has 126 valence electrons. The lowest BCUT2D eigenvalue weighted by atomic mass is 10.2. The van der Waals surface area contributed by atoms with Crippen molar-refractivity contribution < 1.29 is 9.59 Å². The van der Waals surface area contributed by atoms with Crippen molar-refractivity contribution in [3.05, 3.63) is 29.8 Å².